The molecule has 0 aliphatic carbocycles. The predicted molar refractivity (Wildman–Crippen MR) is 113 cm³/mol. The van der Waals surface area contributed by atoms with Gasteiger partial charge in [-0.2, -0.15) is 0 Å². The zero-order valence-electron chi connectivity index (χ0n) is 15.6. The molecule has 2 rings (SSSR count). The summed E-state index contributed by atoms with van der Waals surface area (Å²) in [7, 11) is 1.68. The van der Waals surface area contributed by atoms with Gasteiger partial charge in [0.1, 0.15) is 5.69 Å². The molecule has 0 amide bonds. The van der Waals surface area contributed by atoms with Crippen molar-refractivity contribution < 1.29 is 0 Å². The maximum absolute atomic E-state index is 5.66. The molecule has 0 saturated carbocycles. The van der Waals surface area contributed by atoms with Crippen LogP contribution in [0.5, 0.6) is 0 Å². The van der Waals surface area contributed by atoms with E-state index in [4.69, 9.17) is 5.73 Å². The minimum atomic E-state index is 0.631. The van der Waals surface area contributed by atoms with E-state index in [9.17, 15) is 0 Å². The first kappa shape index (κ1) is 19.5. The van der Waals surface area contributed by atoms with Crippen LogP contribution in [0.1, 0.15) is 22.4 Å². The summed E-state index contributed by atoms with van der Waals surface area (Å²) in [6, 6.07) is 11.6. The second kappa shape index (κ2) is 10.3. The zero-order valence-corrected chi connectivity index (χ0v) is 15.6. The maximum Gasteiger partial charge on any atom is 0.131 e. The van der Waals surface area contributed by atoms with Crippen LogP contribution < -0.4 is 11.2 Å². The first-order chi connectivity index (χ1) is 13.2. The first-order valence-electron chi connectivity index (χ1n) is 8.39. The van der Waals surface area contributed by atoms with Gasteiger partial charge in [0.15, 0.2) is 0 Å². The third kappa shape index (κ3) is 5.91. The molecule has 5 heteroatoms. The fourth-order valence-electron chi connectivity index (χ4n) is 2.17. The maximum atomic E-state index is 5.66. The molecule has 0 radical (unpaired) electrons. The standard InChI is InChI=1S/C22H23N5/c1-4-19-9-8-18(2)20(14-19)10-11-22-17-25-12-6-5-7-13-27(22)26-21(15-23)16-24-3/h4-9,12-17,26H,1,23H2,2-3H3. The SMILES string of the molecule is C=Cc1ccc(C)c(C#Cc2cncccccn2NC(C=NC)=CN)c1. The molecule has 0 saturated heterocycles. The number of aromatic nitrogens is 2. The number of aryl methyl sites for hydroxylation is 1. The van der Waals surface area contributed by atoms with Crippen LogP contribution in [0, 0.1) is 18.8 Å². The minimum Gasteiger partial charge on any atom is -0.403 e. The number of aliphatic imine (C=N–C) groups is 1. The molecule has 5 nitrogen and oxygen atoms in total. The smallest absolute Gasteiger partial charge is 0.131 e. The van der Waals surface area contributed by atoms with Crippen LogP contribution in [0.4, 0.5) is 0 Å². The molecule has 0 aliphatic rings. The number of rotatable bonds is 4. The van der Waals surface area contributed by atoms with E-state index in [0.29, 0.717) is 11.4 Å². The summed E-state index contributed by atoms with van der Waals surface area (Å²) in [5.41, 5.74) is 13.2. The van der Waals surface area contributed by atoms with E-state index in [1.165, 1.54) is 6.20 Å². The predicted octanol–water partition coefficient (Wildman–Crippen LogP) is 3.40. The number of nitrogens with two attached hydrogens (primary N) is 1. The number of hydrogen-bond acceptors (Lipinski definition) is 4. The molecule has 2 aromatic rings. The molecule has 0 unspecified atom stereocenters. The van der Waals surface area contributed by atoms with Gasteiger partial charge in [0, 0.05) is 37.4 Å². The van der Waals surface area contributed by atoms with Gasteiger partial charge >= 0.3 is 0 Å². The highest BCUT2D eigenvalue weighted by Gasteiger charge is 1.98. The van der Waals surface area contributed by atoms with Crippen molar-refractivity contribution in [2.75, 3.05) is 12.5 Å². The fraction of sp³-hybridized carbons (Fsp3) is 0.0909. The number of nitrogens with one attached hydrogen (secondary N) is 1. The number of hydrogen-bond donors (Lipinski definition) is 2. The van der Waals surface area contributed by atoms with E-state index in [1.54, 1.807) is 36.4 Å². The van der Waals surface area contributed by atoms with Gasteiger partial charge in [-0.1, -0.05) is 36.8 Å². The summed E-state index contributed by atoms with van der Waals surface area (Å²) in [6.45, 7) is 5.84. The largest absolute Gasteiger partial charge is 0.403 e. The summed E-state index contributed by atoms with van der Waals surface area (Å²) in [5.74, 6) is 6.40. The van der Waals surface area contributed by atoms with Crippen LogP contribution in [-0.2, 0) is 0 Å². The molecule has 1 heterocycles. The van der Waals surface area contributed by atoms with E-state index < -0.39 is 0 Å². The van der Waals surface area contributed by atoms with Crippen LogP contribution in [0.3, 0.4) is 0 Å². The summed E-state index contributed by atoms with van der Waals surface area (Å²) < 4.78 is 1.74. The van der Waals surface area contributed by atoms with Crippen LogP contribution in [0.2, 0.25) is 0 Å². The Morgan fingerprint density at radius 1 is 1.30 bits per heavy atom. The monoisotopic (exact) mass is 357 g/mol. The molecule has 3 N–H and O–H groups in total. The lowest BCUT2D eigenvalue weighted by Gasteiger charge is -2.10. The van der Waals surface area contributed by atoms with E-state index in [2.05, 4.69) is 33.8 Å². The highest BCUT2D eigenvalue weighted by molar-refractivity contribution is 5.79. The van der Waals surface area contributed by atoms with Gasteiger partial charge in [0.25, 0.3) is 0 Å². The molecule has 0 spiro atoms. The summed E-state index contributed by atoms with van der Waals surface area (Å²) in [5, 5.41) is 0. The van der Waals surface area contributed by atoms with Crippen molar-refractivity contribution in [2.45, 2.75) is 6.92 Å². The zero-order chi connectivity index (χ0) is 19.5. The Kier molecular flexibility index (Phi) is 7.43. The Labute approximate surface area is 160 Å². The van der Waals surface area contributed by atoms with E-state index >= 15 is 0 Å². The lowest BCUT2D eigenvalue weighted by atomic mass is 10.1. The quantitative estimate of drug-likeness (QED) is 0.651. The van der Waals surface area contributed by atoms with Crippen molar-refractivity contribution >= 4 is 12.3 Å². The average Bonchev–Trinajstić information content (AvgIpc) is 2.79. The highest BCUT2D eigenvalue weighted by Crippen LogP contribution is 2.11. The van der Waals surface area contributed by atoms with Crippen molar-refractivity contribution in [1.82, 2.24) is 9.66 Å². The van der Waals surface area contributed by atoms with Crippen molar-refractivity contribution in [3.63, 3.8) is 0 Å². The molecule has 1 aromatic carbocycles. The number of allylic oxidation sites excluding steroid dienone is 1. The molecule has 0 fully saturated rings. The normalized spacial score (nSPS) is 10.7. The Bertz CT molecular complexity index is 969. The van der Waals surface area contributed by atoms with Gasteiger partial charge < -0.3 is 5.73 Å². The summed E-state index contributed by atoms with van der Waals surface area (Å²) in [4.78, 5) is 8.26. The van der Waals surface area contributed by atoms with Crippen molar-refractivity contribution in [3.05, 3.63) is 95.8 Å². The number of benzene rings is 1. The molecule has 0 bridgehead atoms. The third-order valence-corrected chi connectivity index (χ3v) is 3.61. The summed E-state index contributed by atoms with van der Waals surface area (Å²) in [6.07, 6.45) is 10.1. The molecular formula is C22H23N5. The average molecular weight is 357 g/mol. The molecule has 0 aliphatic heterocycles. The second-order valence-electron chi connectivity index (χ2n) is 5.56. The van der Waals surface area contributed by atoms with E-state index in [1.807, 2.05) is 49.5 Å². The Morgan fingerprint density at radius 2 is 2.15 bits per heavy atom. The Morgan fingerprint density at radius 3 is 2.89 bits per heavy atom. The van der Waals surface area contributed by atoms with Gasteiger partial charge in [0.05, 0.1) is 11.9 Å². The lowest BCUT2D eigenvalue weighted by molar-refractivity contribution is 0.911. The Hall–Kier alpha value is -3.78. The number of nitrogens with zero attached hydrogens (tertiary/aromatic N) is 3. The topological polar surface area (TPSA) is 68.2 Å². The van der Waals surface area contributed by atoms with Crippen LogP contribution in [0.25, 0.3) is 6.08 Å². The van der Waals surface area contributed by atoms with Gasteiger partial charge in [-0.15, -0.1) is 0 Å². The van der Waals surface area contributed by atoms with Crippen LogP contribution in [0.15, 0.2) is 78.5 Å². The Balaban J connectivity index is 2.57. The van der Waals surface area contributed by atoms with E-state index in [0.717, 1.165) is 16.7 Å². The van der Waals surface area contributed by atoms with Gasteiger partial charge in [-0.25, -0.2) is 0 Å². The molecule has 27 heavy (non-hydrogen) atoms. The first-order valence-corrected chi connectivity index (χ1v) is 8.39. The van der Waals surface area contributed by atoms with Gasteiger partial charge in [0.2, 0.25) is 0 Å². The highest BCUT2D eigenvalue weighted by atomic mass is 15.4. The molecular weight excluding hydrogens is 334 g/mol. The van der Waals surface area contributed by atoms with Gasteiger partial charge in [-0.05, 0) is 42.2 Å². The van der Waals surface area contributed by atoms with Crippen LogP contribution >= 0.6 is 0 Å². The lowest BCUT2D eigenvalue weighted by Crippen LogP contribution is -2.18. The molecule has 0 atom stereocenters. The summed E-state index contributed by atoms with van der Waals surface area (Å²) >= 11 is 0. The molecule has 136 valence electrons. The third-order valence-electron chi connectivity index (χ3n) is 3.61. The minimum absolute atomic E-state index is 0.631. The van der Waals surface area contributed by atoms with Crippen molar-refractivity contribution in [2.24, 2.45) is 10.7 Å². The van der Waals surface area contributed by atoms with Crippen LogP contribution in [-0.4, -0.2) is 22.9 Å². The fourth-order valence-corrected chi connectivity index (χ4v) is 2.17. The second-order valence-corrected chi connectivity index (χ2v) is 5.56. The van der Waals surface area contributed by atoms with Gasteiger partial charge in [-0.3, -0.25) is 20.1 Å². The van der Waals surface area contributed by atoms with Crippen molar-refractivity contribution in [3.8, 4) is 11.8 Å². The molecule has 1 aromatic heterocycles. The van der Waals surface area contributed by atoms with E-state index in [-0.39, 0.29) is 0 Å². The van der Waals surface area contributed by atoms with Crippen molar-refractivity contribution in [1.29, 1.82) is 0 Å².